The van der Waals surface area contributed by atoms with Crippen LogP contribution in [0.5, 0.6) is 0 Å². The molecule has 2 N–H and O–H groups in total. The normalized spacial score (nSPS) is 21.4. The summed E-state index contributed by atoms with van der Waals surface area (Å²) in [5.41, 5.74) is 1.28. The zero-order chi connectivity index (χ0) is 10.7. The van der Waals surface area contributed by atoms with Gasteiger partial charge in [0.2, 0.25) is 0 Å². The molecule has 2 heterocycles. The third kappa shape index (κ3) is 3.06. The molecule has 0 aromatic carbocycles. The molecule has 0 saturated carbocycles. The Morgan fingerprint density at radius 3 is 3.07 bits per heavy atom. The second kappa shape index (κ2) is 4.79. The van der Waals surface area contributed by atoms with Gasteiger partial charge in [0.25, 0.3) is 0 Å². The second-order valence-electron chi connectivity index (χ2n) is 4.95. The number of imidazole rings is 1. The van der Waals surface area contributed by atoms with Gasteiger partial charge in [-0.2, -0.15) is 0 Å². The first-order valence-electron chi connectivity index (χ1n) is 6.00. The average molecular weight is 207 g/mol. The molecule has 1 aliphatic rings. The fourth-order valence-corrected chi connectivity index (χ4v) is 2.20. The van der Waals surface area contributed by atoms with Gasteiger partial charge in [0.1, 0.15) is 5.82 Å². The lowest BCUT2D eigenvalue weighted by Crippen LogP contribution is -2.23. The highest BCUT2D eigenvalue weighted by atomic mass is 15.0. The first-order chi connectivity index (χ1) is 7.24. The zero-order valence-corrected chi connectivity index (χ0v) is 9.71. The molecule has 1 saturated heterocycles. The maximum absolute atomic E-state index is 4.42. The van der Waals surface area contributed by atoms with E-state index in [9.17, 15) is 0 Å². The lowest BCUT2D eigenvalue weighted by molar-refractivity contribution is 0.592. The number of hydrogen-bond donors (Lipinski definition) is 2. The highest BCUT2D eigenvalue weighted by molar-refractivity contribution is 5.04. The van der Waals surface area contributed by atoms with E-state index in [0.29, 0.717) is 12.0 Å². The SMILES string of the molecule is CC(C)Cc1ncc(CC2CCCN2)[nH]1. The van der Waals surface area contributed by atoms with Crippen molar-refractivity contribution < 1.29 is 0 Å². The van der Waals surface area contributed by atoms with Crippen LogP contribution in [0.2, 0.25) is 0 Å². The van der Waals surface area contributed by atoms with Gasteiger partial charge in [0.15, 0.2) is 0 Å². The quantitative estimate of drug-likeness (QED) is 0.791. The molecule has 1 aliphatic heterocycles. The van der Waals surface area contributed by atoms with E-state index in [1.165, 1.54) is 25.1 Å². The van der Waals surface area contributed by atoms with Gasteiger partial charge in [-0.1, -0.05) is 13.8 Å². The smallest absolute Gasteiger partial charge is 0.106 e. The number of nitrogens with one attached hydrogen (secondary N) is 2. The summed E-state index contributed by atoms with van der Waals surface area (Å²) in [7, 11) is 0. The van der Waals surface area contributed by atoms with Crippen molar-refractivity contribution in [3.8, 4) is 0 Å². The first-order valence-corrected chi connectivity index (χ1v) is 6.00. The molecule has 2 rings (SSSR count). The van der Waals surface area contributed by atoms with Crippen LogP contribution < -0.4 is 5.32 Å². The van der Waals surface area contributed by atoms with Crippen LogP contribution in [0.15, 0.2) is 6.20 Å². The topological polar surface area (TPSA) is 40.7 Å². The standard InChI is InChI=1S/C12H21N3/c1-9(2)6-12-14-8-11(15-12)7-10-4-3-5-13-10/h8-10,13H,3-7H2,1-2H3,(H,14,15). The number of H-pyrrole nitrogens is 1. The molecule has 0 amide bonds. The summed E-state index contributed by atoms with van der Waals surface area (Å²) in [5.74, 6) is 1.81. The summed E-state index contributed by atoms with van der Waals surface area (Å²) in [6.07, 6.45) is 6.77. The number of aromatic nitrogens is 2. The van der Waals surface area contributed by atoms with Crippen molar-refractivity contribution in [2.45, 2.75) is 45.6 Å². The van der Waals surface area contributed by atoms with Crippen LogP contribution in [0.3, 0.4) is 0 Å². The van der Waals surface area contributed by atoms with Crippen molar-refractivity contribution in [3.63, 3.8) is 0 Å². The zero-order valence-electron chi connectivity index (χ0n) is 9.71. The maximum Gasteiger partial charge on any atom is 0.106 e. The van der Waals surface area contributed by atoms with Crippen LogP contribution in [0, 0.1) is 5.92 Å². The molecule has 1 aromatic heterocycles. The molecule has 84 valence electrons. The summed E-state index contributed by atoms with van der Waals surface area (Å²) in [6, 6.07) is 0.664. The summed E-state index contributed by atoms with van der Waals surface area (Å²) in [5, 5.41) is 3.51. The van der Waals surface area contributed by atoms with E-state index in [4.69, 9.17) is 0 Å². The van der Waals surface area contributed by atoms with Gasteiger partial charge in [-0.25, -0.2) is 4.98 Å². The van der Waals surface area contributed by atoms with E-state index >= 15 is 0 Å². The third-order valence-corrected chi connectivity index (χ3v) is 2.91. The number of aromatic amines is 1. The Morgan fingerprint density at radius 1 is 1.53 bits per heavy atom. The predicted octanol–water partition coefficient (Wildman–Crippen LogP) is 1.90. The fourth-order valence-electron chi connectivity index (χ4n) is 2.20. The third-order valence-electron chi connectivity index (χ3n) is 2.91. The van der Waals surface area contributed by atoms with E-state index in [0.717, 1.165) is 18.7 Å². The van der Waals surface area contributed by atoms with Crippen LogP contribution in [-0.4, -0.2) is 22.6 Å². The fraction of sp³-hybridized carbons (Fsp3) is 0.750. The number of hydrogen-bond acceptors (Lipinski definition) is 2. The Labute approximate surface area is 91.7 Å². The average Bonchev–Trinajstić information content (AvgIpc) is 2.77. The molecule has 15 heavy (non-hydrogen) atoms. The van der Waals surface area contributed by atoms with E-state index in [2.05, 4.69) is 29.1 Å². The van der Waals surface area contributed by atoms with Crippen molar-refractivity contribution in [2.75, 3.05) is 6.54 Å². The largest absolute Gasteiger partial charge is 0.346 e. The Kier molecular flexibility index (Phi) is 3.41. The molecule has 0 bridgehead atoms. The lowest BCUT2D eigenvalue weighted by atomic mass is 10.1. The van der Waals surface area contributed by atoms with Gasteiger partial charge >= 0.3 is 0 Å². The van der Waals surface area contributed by atoms with E-state index in [-0.39, 0.29) is 0 Å². The molecule has 1 atom stereocenters. The molecule has 0 aliphatic carbocycles. The van der Waals surface area contributed by atoms with Gasteiger partial charge in [0.05, 0.1) is 0 Å². The summed E-state index contributed by atoms with van der Waals surface area (Å²) >= 11 is 0. The summed E-state index contributed by atoms with van der Waals surface area (Å²) in [4.78, 5) is 7.84. The summed E-state index contributed by atoms with van der Waals surface area (Å²) < 4.78 is 0. The Balaban J connectivity index is 1.88. The van der Waals surface area contributed by atoms with E-state index in [1.807, 2.05) is 6.20 Å². The van der Waals surface area contributed by atoms with Gasteiger partial charge in [-0.15, -0.1) is 0 Å². The van der Waals surface area contributed by atoms with Crippen molar-refractivity contribution in [2.24, 2.45) is 5.92 Å². The van der Waals surface area contributed by atoms with Crippen molar-refractivity contribution in [1.82, 2.24) is 15.3 Å². The van der Waals surface area contributed by atoms with E-state index in [1.54, 1.807) is 0 Å². The highest BCUT2D eigenvalue weighted by Crippen LogP contribution is 2.11. The molecular weight excluding hydrogens is 186 g/mol. The number of nitrogens with zero attached hydrogens (tertiary/aromatic N) is 1. The Hall–Kier alpha value is -0.830. The molecular formula is C12H21N3. The lowest BCUT2D eigenvalue weighted by Gasteiger charge is -2.07. The van der Waals surface area contributed by atoms with Crippen LogP contribution >= 0.6 is 0 Å². The van der Waals surface area contributed by atoms with Crippen LogP contribution in [0.25, 0.3) is 0 Å². The molecule has 3 nitrogen and oxygen atoms in total. The van der Waals surface area contributed by atoms with Crippen LogP contribution in [-0.2, 0) is 12.8 Å². The molecule has 0 spiro atoms. The highest BCUT2D eigenvalue weighted by Gasteiger charge is 2.15. The van der Waals surface area contributed by atoms with Crippen LogP contribution in [0.4, 0.5) is 0 Å². The van der Waals surface area contributed by atoms with Gasteiger partial charge in [-0.05, 0) is 25.3 Å². The molecule has 0 radical (unpaired) electrons. The maximum atomic E-state index is 4.42. The minimum Gasteiger partial charge on any atom is -0.346 e. The van der Waals surface area contributed by atoms with Gasteiger partial charge < -0.3 is 10.3 Å². The molecule has 1 fully saturated rings. The first kappa shape index (κ1) is 10.7. The van der Waals surface area contributed by atoms with Gasteiger partial charge in [-0.3, -0.25) is 0 Å². The molecule has 3 heteroatoms. The monoisotopic (exact) mass is 207 g/mol. The van der Waals surface area contributed by atoms with Crippen molar-refractivity contribution in [3.05, 3.63) is 17.7 Å². The van der Waals surface area contributed by atoms with E-state index < -0.39 is 0 Å². The molecule has 1 unspecified atom stereocenters. The second-order valence-corrected chi connectivity index (χ2v) is 4.95. The Bertz CT molecular complexity index is 298. The van der Waals surface area contributed by atoms with Crippen molar-refractivity contribution in [1.29, 1.82) is 0 Å². The molecule has 1 aromatic rings. The van der Waals surface area contributed by atoms with Crippen LogP contribution in [0.1, 0.15) is 38.2 Å². The van der Waals surface area contributed by atoms with Gasteiger partial charge in [0, 0.05) is 30.8 Å². The Morgan fingerprint density at radius 2 is 2.40 bits per heavy atom. The summed E-state index contributed by atoms with van der Waals surface area (Å²) in [6.45, 7) is 5.62. The number of rotatable bonds is 4. The minimum absolute atomic E-state index is 0.664. The predicted molar refractivity (Wildman–Crippen MR) is 61.9 cm³/mol. The van der Waals surface area contributed by atoms with Crippen molar-refractivity contribution >= 4 is 0 Å². The minimum atomic E-state index is 0.664.